The van der Waals surface area contributed by atoms with Gasteiger partial charge in [-0.2, -0.15) is 0 Å². The van der Waals surface area contributed by atoms with Crippen molar-refractivity contribution in [1.82, 2.24) is 5.32 Å². The molecule has 0 saturated heterocycles. The molecule has 19 heavy (non-hydrogen) atoms. The van der Waals surface area contributed by atoms with Crippen LogP contribution in [0.3, 0.4) is 0 Å². The number of hydrogen-bond acceptors (Lipinski definition) is 3. The molecule has 1 aromatic carbocycles. The smallest absolute Gasteiger partial charge is 0.252 e. The Morgan fingerprint density at radius 2 is 1.68 bits per heavy atom. The van der Waals surface area contributed by atoms with Crippen LogP contribution in [0.5, 0.6) is 0 Å². The second-order valence-electron chi connectivity index (χ2n) is 4.51. The average molecular weight is 271 g/mol. The Morgan fingerprint density at radius 1 is 1.21 bits per heavy atom. The van der Waals surface area contributed by atoms with Gasteiger partial charge in [-0.3, -0.25) is 9.59 Å². The number of primary amides is 1. The highest BCUT2D eigenvalue weighted by atomic mass is 19.1. The zero-order valence-electron chi connectivity index (χ0n) is 10.8. The van der Waals surface area contributed by atoms with E-state index in [0.29, 0.717) is 0 Å². The van der Waals surface area contributed by atoms with Gasteiger partial charge in [-0.05, 0) is 26.0 Å². The molecule has 7 heteroatoms. The molecule has 0 aliphatic carbocycles. The maximum absolute atomic E-state index is 13.5. The lowest BCUT2D eigenvalue weighted by atomic mass is 10.0. The molecule has 0 atom stereocenters. The molecular formula is C12H15F2N3O2. The monoisotopic (exact) mass is 271 g/mol. The largest absolute Gasteiger partial charge is 0.383 e. The van der Waals surface area contributed by atoms with Gasteiger partial charge in [-0.1, -0.05) is 0 Å². The Bertz CT molecular complexity index is 507. The topological polar surface area (TPSA) is 84.2 Å². The second-order valence-corrected chi connectivity index (χ2v) is 4.51. The maximum atomic E-state index is 13.5. The number of nitrogens with one attached hydrogen (secondary N) is 2. The van der Waals surface area contributed by atoms with Gasteiger partial charge in [-0.15, -0.1) is 0 Å². The third-order valence-corrected chi connectivity index (χ3v) is 2.60. The summed E-state index contributed by atoms with van der Waals surface area (Å²) < 4.78 is 27.0. The minimum absolute atomic E-state index is 0.233. The first-order valence-electron chi connectivity index (χ1n) is 5.48. The quantitative estimate of drug-likeness (QED) is 0.763. The molecule has 1 rings (SSSR count). The molecule has 104 valence electrons. The van der Waals surface area contributed by atoms with Gasteiger partial charge in [0.1, 0.15) is 22.9 Å². The minimum atomic E-state index is -1.31. The molecular weight excluding hydrogens is 256 g/mol. The van der Waals surface area contributed by atoms with E-state index in [1.807, 2.05) is 0 Å². The van der Waals surface area contributed by atoms with Crippen molar-refractivity contribution in [2.24, 2.45) is 5.73 Å². The van der Waals surface area contributed by atoms with Gasteiger partial charge < -0.3 is 16.4 Å². The van der Waals surface area contributed by atoms with Crippen molar-refractivity contribution in [2.75, 3.05) is 12.4 Å². The van der Waals surface area contributed by atoms with E-state index in [9.17, 15) is 18.4 Å². The summed E-state index contributed by atoms with van der Waals surface area (Å²) >= 11 is 0. The van der Waals surface area contributed by atoms with E-state index < -0.39 is 29.0 Å². The fraction of sp³-hybridized carbons (Fsp3) is 0.333. The predicted molar refractivity (Wildman–Crippen MR) is 66.6 cm³/mol. The van der Waals surface area contributed by atoms with E-state index >= 15 is 0 Å². The number of rotatable bonds is 4. The van der Waals surface area contributed by atoms with Crippen molar-refractivity contribution in [3.63, 3.8) is 0 Å². The summed E-state index contributed by atoms with van der Waals surface area (Å²) in [5.74, 6) is -3.34. The summed E-state index contributed by atoms with van der Waals surface area (Å²) in [6, 6.07) is 1.75. The highest BCUT2D eigenvalue weighted by molar-refractivity contribution is 5.98. The van der Waals surface area contributed by atoms with Crippen molar-refractivity contribution >= 4 is 17.5 Å². The molecule has 0 saturated carbocycles. The number of amides is 2. The Hall–Kier alpha value is -2.18. The molecule has 0 spiro atoms. The van der Waals surface area contributed by atoms with Gasteiger partial charge in [0.05, 0.1) is 0 Å². The van der Waals surface area contributed by atoms with Gasteiger partial charge in [0.15, 0.2) is 0 Å². The van der Waals surface area contributed by atoms with Crippen molar-refractivity contribution in [3.05, 3.63) is 29.3 Å². The summed E-state index contributed by atoms with van der Waals surface area (Å²) in [7, 11) is 1.36. The van der Waals surface area contributed by atoms with E-state index in [0.717, 1.165) is 12.1 Å². The minimum Gasteiger partial charge on any atom is -0.383 e. The third-order valence-electron chi connectivity index (χ3n) is 2.60. The zero-order chi connectivity index (χ0) is 14.8. The van der Waals surface area contributed by atoms with E-state index in [-0.39, 0.29) is 11.3 Å². The number of carbonyl (C=O) groups excluding carboxylic acids is 2. The van der Waals surface area contributed by atoms with E-state index in [2.05, 4.69) is 10.6 Å². The number of halogens is 2. The summed E-state index contributed by atoms with van der Waals surface area (Å²) in [6.07, 6.45) is 0. The summed E-state index contributed by atoms with van der Waals surface area (Å²) in [4.78, 5) is 22.9. The molecule has 0 unspecified atom stereocenters. The van der Waals surface area contributed by atoms with Crippen LogP contribution in [0, 0.1) is 11.6 Å². The number of benzene rings is 1. The number of hydrogen-bond donors (Lipinski definition) is 3. The number of nitrogens with two attached hydrogens (primary N) is 1. The van der Waals surface area contributed by atoms with Crippen LogP contribution in [-0.2, 0) is 4.79 Å². The number of anilines is 1. The van der Waals surface area contributed by atoms with Gasteiger partial charge in [0, 0.05) is 12.6 Å². The van der Waals surface area contributed by atoms with Crippen molar-refractivity contribution in [2.45, 2.75) is 19.4 Å². The summed E-state index contributed by atoms with van der Waals surface area (Å²) in [5.41, 5.74) is 3.22. The molecule has 0 bridgehead atoms. The highest BCUT2D eigenvalue weighted by Gasteiger charge is 2.28. The SMILES string of the molecule is CNc1c(F)cc(C(=O)NC(C)(C)C(N)=O)cc1F. The molecule has 0 heterocycles. The fourth-order valence-corrected chi connectivity index (χ4v) is 1.36. The lowest BCUT2D eigenvalue weighted by Crippen LogP contribution is -2.53. The first kappa shape index (κ1) is 14.9. The van der Waals surface area contributed by atoms with Crippen LogP contribution in [-0.4, -0.2) is 24.4 Å². The van der Waals surface area contributed by atoms with Crippen molar-refractivity contribution in [1.29, 1.82) is 0 Å². The molecule has 1 aromatic rings. The molecule has 0 aliphatic rings. The van der Waals surface area contributed by atoms with E-state index in [1.165, 1.54) is 20.9 Å². The van der Waals surface area contributed by atoms with Crippen LogP contribution in [0.4, 0.5) is 14.5 Å². The summed E-state index contributed by atoms with van der Waals surface area (Å²) in [6.45, 7) is 2.78. The highest BCUT2D eigenvalue weighted by Crippen LogP contribution is 2.20. The Kier molecular flexibility index (Phi) is 4.08. The van der Waals surface area contributed by atoms with Crippen LogP contribution in [0.1, 0.15) is 24.2 Å². The Morgan fingerprint density at radius 3 is 2.05 bits per heavy atom. The van der Waals surface area contributed by atoms with Crippen LogP contribution in [0.15, 0.2) is 12.1 Å². The molecule has 0 radical (unpaired) electrons. The second kappa shape index (κ2) is 5.21. The third kappa shape index (κ3) is 3.18. The Balaban J connectivity index is 3.05. The standard InChI is InChI=1S/C12H15F2N3O2/c1-12(2,11(15)19)17-10(18)6-4-7(13)9(16-3)8(14)5-6/h4-5,16H,1-3H3,(H2,15,19)(H,17,18). The average Bonchev–Trinajstić information content (AvgIpc) is 2.27. The fourth-order valence-electron chi connectivity index (χ4n) is 1.36. The number of carbonyl (C=O) groups is 2. The van der Waals surface area contributed by atoms with Crippen LogP contribution >= 0.6 is 0 Å². The molecule has 0 aliphatic heterocycles. The molecule has 0 aromatic heterocycles. The van der Waals surface area contributed by atoms with Crippen molar-refractivity contribution in [3.8, 4) is 0 Å². The van der Waals surface area contributed by atoms with Crippen LogP contribution in [0.2, 0.25) is 0 Å². The van der Waals surface area contributed by atoms with Gasteiger partial charge in [-0.25, -0.2) is 8.78 Å². The van der Waals surface area contributed by atoms with Crippen LogP contribution in [0.25, 0.3) is 0 Å². The first-order chi connectivity index (χ1) is 8.69. The molecule has 0 fully saturated rings. The van der Waals surface area contributed by atoms with Crippen LogP contribution < -0.4 is 16.4 Å². The van der Waals surface area contributed by atoms with Gasteiger partial charge in [0.2, 0.25) is 5.91 Å². The summed E-state index contributed by atoms with van der Waals surface area (Å²) in [5, 5.41) is 4.64. The van der Waals surface area contributed by atoms with Gasteiger partial charge >= 0.3 is 0 Å². The Labute approximate surface area is 109 Å². The predicted octanol–water partition coefficient (Wildman–Crippen LogP) is 1.00. The zero-order valence-corrected chi connectivity index (χ0v) is 10.8. The maximum Gasteiger partial charge on any atom is 0.252 e. The first-order valence-corrected chi connectivity index (χ1v) is 5.48. The van der Waals surface area contributed by atoms with E-state index in [1.54, 1.807) is 0 Å². The molecule has 2 amide bonds. The lowest BCUT2D eigenvalue weighted by Gasteiger charge is -2.22. The normalized spacial score (nSPS) is 11.0. The molecule has 5 nitrogen and oxygen atoms in total. The van der Waals surface area contributed by atoms with Crippen molar-refractivity contribution < 1.29 is 18.4 Å². The van der Waals surface area contributed by atoms with Gasteiger partial charge in [0.25, 0.3) is 5.91 Å². The lowest BCUT2D eigenvalue weighted by molar-refractivity contribution is -0.122. The van der Waals surface area contributed by atoms with E-state index in [4.69, 9.17) is 5.73 Å². The molecule has 4 N–H and O–H groups in total.